The zero-order valence-corrected chi connectivity index (χ0v) is 10.6. The Labute approximate surface area is 113 Å². The van der Waals surface area contributed by atoms with Gasteiger partial charge in [-0.15, -0.1) is 0 Å². The number of nitrogens with two attached hydrogens (primary N) is 1. The highest BCUT2D eigenvalue weighted by atomic mass is 35.5. The standard InChI is InChI=1S/C12H8Cl2N2O2/c13-10-4-1-7(5-12(10)16(17)18)9-3-2-8(15)6-11(9)14/h1-6H,15H2. The molecule has 0 radical (unpaired) electrons. The second-order valence-electron chi connectivity index (χ2n) is 3.66. The van der Waals surface area contributed by atoms with Crippen LogP contribution in [0.3, 0.4) is 0 Å². The third-order valence-electron chi connectivity index (χ3n) is 2.45. The molecule has 0 heterocycles. The zero-order valence-electron chi connectivity index (χ0n) is 9.06. The summed E-state index contributed by atoms with van der Waals surface area (Å²) in [6, 6.07) is 9.53. The van der Waals surface area contributed by atoms with Crippen molar-refractivity contribution in [3.8, 4) is 11.1 Å². The van der Waals surface area contributed by atoms with Gasteiger partial charge in [0.05, 0.1) is 9.95 Å². The number of nitro groups is 1. The van der Waals surface area contributed by atoms with Crippen molar-refractivity contribution < 1.29 is 4.92 Å². The highest BCUT2D eigenvalue weighted by Gasteiger charge is 2.14. The summed E-state index contributed by atoms with van der Waals surface area (Å²) in [4.78, 5) is 10.3. The van der Waals surface area contributed by atoms with Gasteiger partial charge in [-0.2, -0.15) is 0 Å². The summed E-state index contributed by atoms with van der Waals surface area (Å²) in [5.41, 5.74) is 7.27. The molecule has 0 saturated heterocycles. The summed E-state index contributed by atoms with van der Waals surface area (Å²) in [6.45, 7) is 0. The maximum atomic E-state index is 10.8. The first-order chi connectivity index (χ1) is 8.49. The van der Waals surface area contributed by atoms with E-state index < -0.39 is 4.92 Å². The molecule has 0 atom stereocenters. The van der Waals surface area contributed by atoms with Crippen LogP contribution in [0.2, 0.25) is 10.0 Å². The largest absolute Gasteiger partial charge is 0.399 e. The van der Waals surface area contributed by atoms with E-state index in [-0.39, 0.29) is 10.7 Å². The van der Waals surface area contributed by atoms with Crippen molar-refractivity contribution in [1.29, 1.82) is 0 Å². The smallest absolute Gasteiger partial charge is 0.288 e. The van der Waals surface area contributed by atoms with E-state index in [2.05, 4.69) is 0 Å². The lowest BCUT2D eigenvalue weighted by atomic mass is 10.0. The number of halogens is 2. The van der Waals surface area contributed by atoms with Crippen LogP contribution in [0.5, 0.6) is 0 Å². The normalized spacial score (nSPS) is 10.3. The molecule has 0 amide bonds. The molecule has 2 aromatic rings. The van der Waals surface area contributed by atoms with E-state index in [9.17, 15) is 10.1 Å². The van der Waals surface area contributed by atoms with Crippen molar-refractivity contribution in [2.24, 2.45) is 0 Å². The summed E-state index contributed by atoms with van der Waals surface area (Å²) in [7, 11) is 0. The first-order valence-electron chi connectivity index (χ1n) is 4.98. The lowest BCUT2D eigenvalue weighted by molar-refractivity contribution is -0.384. The van der Waals surface area contributed by atoms with Gasteiger partial charge in [0.15, 0.2) is 0 Å². The molecule has 0 bridgehead atoms. The minimum absolute atomic E-state index is 0.0929. The number of nitrogens with zero attached hydrogens (tertiary/aromatic N) is 1. The second kappa shape index (κ2) is 4.84. The van der Waals surface area contributed by atoms with Gasteiger partial charge < -0.3 is 5.73 Å². The van der Waals surface area contributed by atoms with E-state index in [1.165, 1.54) is 12.1 Å². The number of hydrogen-bond donors (Lipinski definition) is 1. The monoisotopic (exact) mass is 282 g/mol. The first kappa shape index (κ1) is 12.7. The molecule has 18 heavy (non-hydrogen) atoms. The number of nitrogen functional groups attached to an aromatic ring is 1. The minimum Gasteiger partial charge on any atom is -0.399 e. The number of rotatable bonds is 2. The van der Waals surface area contributed by atoms with E-state index in [0.29, 0.717) is 21.8 Å². The van der Waals surface area contributed by atoms with Crippen LogP contribution in [-0.2, 0) is 0 Å². The molecule has 2 rings (SSSR count). The topological polar surface area (TPSA) is 69.2 Å². The number of hydrogen-bond acceptors (Lipinski definition) is 3. The van der Waals surface area contributed by atoms with Gasteiger partial charge in [0.25, 0.3) is 5.69 Å². The summed E-state index contributed by atoms with van der Waals surface area (Å²) in [5, 5.41) is 11.3. The molecule has 0 fully saturated rings. The van der Waals surface area contributed by atoms with Crippen LogP contribution in [0.1, 0.15) is 0 Å². The third-order valence-corrected chi connectivity index (χ3v) is 3.08. The summed E-state index contributed by atoms with van der Waals surface area (Å²) in [6.07, 6.45) is 0. The van der Waals surface area contributed by atoms with Crippen molar-refractivity contribution in [3.63, 3.8) is 0 Å². The van der Waals surface area contributed by atoms with Crippen molar-refractivity contribution in [1.82, 2.24) is 0 Å². The minimum atomic E-state index is -0.531. The highest BCUT2D eigenvalue weighted by Crippen LogP contribution is 2.34. The average Bonchev–Trinajstić information content (AvgIpc) is 2.30. The second-order valence-corrected chi connectivity index (χ2v) is 4.48. The fraction of sp³-hybridized carbons (Fsp3) is 0. The Hall–Kier alpha value is -1.78. The Morgan fingerprint density at radius 3 is 2.39 bits per heavy atom. The summed E-state index contributed by atoms with van der Waals surface area (Å²) < 4.78 is 0. The fourth-order valence-corrected chi connectivity index (χ4v) is 2.07. The number of anilines is 1. The fourth-order valence-electron chi connectivity index (χ4n) is 1.59. The molecule has 4 nitrogen and oxygen atoms in total. The number of benzene rings is 2. The van der Waals surface area contributed by atoms with Crippen molar-refractivity contribution in [3.05, 3.63) is 56.6 Å². The average molecular weight is 283 g/mol. The van der Waals surface area contributed by atoms with Crippen molar-refractivity contribution in [2.45, 2.75) is 0 Å². The van der Waals surface area contributed by atoms with E-state index >= 15 is 0 Å². The molecule has 0 aliphatic heterocycles. The predicted octanol–water partition coefficient (Wildman–Crippen LogP) is 4.15. The van der Waals surface area contributed by atoms with E-state index in [4.69, 9.17) is 28.9 Å². The zero-order chi connectivity index (χ0) is 13.3. The van der Waals surface area contributed by atoms with Crippen LogP contribution < -0.4 is 5.73 Å². The summed E-state index contributed by atoms with van der Waals surface area (Å²) >= 11 is 11.8. The lowest BCUT2D eigenvalue weighted by Crippen LogP contribution is -1.91. The van der Waals surface area contributed by atoms with Gasteiger partial charge in [-0.05, 0) is 23.8 Å². The quantitative estimate of drug-likeness (QED) is 0.511. The molecule has 0 unspecified atom stereocenters. The van der Waals surface area contributed by atoms with Crippen LogP contribution in [0, 0.1) is 10.1 Å². The summed E-state index contributed by atoms with van der Waals surface area (Å²) in [5.74, 6) is 0. The Kier molecular flexibility index (Phi) is 3.41. The molecule has 2 aromatic carbocycles. The molecule has 0 spiro atoms. The van der Waals surface area contributed by atoms with Gasteiger partial charge in [-0.3, -0.25) is 10.1 Å². The van der Waals surface area contributed by atoms with Gasteiger partial charge in [-0.25, -0.2) is 0 Å². The SMILES string of the molecule is Nc1ccc(-c2ccc(Cl)c([N+](=O)[O-])c2)c(Cl)c1. The molecule has 2 N–H and O–H groups in total. The molecular formula is C12H8Cl2N2O2. The molecule has 92 valence electrons. The molecule has 0 aromatic heterocycles. The van der Waals surface area contributed by atoms with Crippen molar-refractivity contribution >= 4 is 34.6 Å². The Bertz CT molecular complexity index is 629. The van der Waals surface area contributed by atoms with Crippen LogP contribution >= 0.6 is 23.2 Å². The van der Waals surface area contributed by atoms with Crippen LogP contribution in [0.4, 0.5) is 11.4 Å². The highest BCUT2D eigenvalue weighted by molar-refractivity contribution is 6.34. The van der Waals surface area contributed by atoms with E-state index in [0.717, 1.165) is 0 Å². The maximum Gasteiger partial charge on any atom is 0.288 e. The van der Waals surface area contributed by atoms with Crippen LogP contribution in [0.25, 0.3) is 11.1 Å². The molecular weight excluding hydrogens is 275 g/mol. The predicted molar refractivity (Wildman–Crippen MR) is 73.0 cm³/mol. The van der Waals surface area contributed by atoms with Crippen LogP contribution in [0.15, 0.2) is 36.4 Å². The first-order valence-corrected chi connectivity index (χ1v) is 5.74. The Morgan fingerprint density at radius 1 is 1.06 bits per heavy atom. The third kappa shape index (κ3) is 2.39. The van der Waals surface area contributed by atoms with Crippen molar-refractivity contribution in [2.75, 3.05) is 5.73 Å². The Morgan fingerprint density at radius 2 is 1.78 bits per heavy atom. The van der Waals surface area contributed by atoms with Gasteiger partial charge >= 0.3 is 0 Å². The lowest BCUT2D eigenvalue weighted by Gasteiger charge is -2.06. The van der Waals surface area contributed by atoms with Gasteiger partial charge in [-0.1, -0.05) is 35.3 Å². The van der Waals surface area contributed by atoms with Gasteiger partial charge in [0.2, 0.25) is 0 Å². The van der Waals surface area contributed by atoms with E-state index in [1.54, 1.807) is 24.3 Å². The molecule has 6 heteroatoms. The van der Waals surface area contributed by atoms with Gasteiger partial charge in [0.1, 0.15) is 5.02 Å². The molecule has 0 saturated carbocycles. The van der Waals surface area contributed by atoms with Gasteiger partial charge in [0, 0.05) is 17.3 Å². The van der Waals surface area contributed by atoms with E-state index in [1.807, 2.05) is 0 Å². The Balaban J connectivity index is 2.58. The van der Waals surface area contributed by atoms with Crippen LogP contribution in [-0.4, -0.2) is 4.92 Å². The number of nitro benzene ring substituents is 1. The maximum absolute atomic E-state index is 10.8. The molecule has 0 aliphatic rings. The molecule has 0 aliphatic carbocycles.